The van der Waals surface area contributed by atoms with Crippen LogP contribution < -0.4 is 10.6 Å². The number of hydrogen-bond acceptors (Lipinski definition) is 5. The molecule has 4 aromatic rings. The van der Waals surface area contributed by atoms with E-state index in [4.69, 9.17) is 0 Å². The molecular formula is C23H23F4N7O. The number of aromatic nitrogens is 5. The van der Waals surface area contributed by atoms with Crippen LogP contribution in [0.4, 0.5) is 23.5 Å². The highest BCUT2D eigenvalue weighted by Crippen LogP contribution is 2.36. The summed E-state index contributed by atoms with van der Waals surface area (Å²) in [5.41, 5.74) is 2.82. The highest BCUT2D eigenvalue weighted by atomic mass is 19.3. The molecule has 12 heteroatoms. The lowest BCUT2D eigenvalue weighted by Crippen LogP contribution is -2.28. The number of rotatable bonds is 7. The number of nitrogens with zero attached hydrogens (tertiary/aromatic N) is 4. The zero-order valence-corrected chi connectivity index (χ0v) is 18.6. The maximum atomic E-state index is 13.3. The molecule has 4 heterocycles. The third-order valence-electron chi connectivity index (χ3n) is 6.31. The van der Waals surface area contributed by atoms with Gasteiger partial charge in [-0.05, 0) is 36.5 Å². The Hall–Kier alpha value is -3.70. The van der Waals surface area contributed by atoms with Gasteiger partial charge in [-0.2, -0.15) is 10.1 Å². The number of fused-ring (bicyclic) bond motifs is 2. The first-order valence-electron chi connectivity index (χ1n) is 11.3. The average Bonchev–Trinajstić information content (AvgIpc) is 3.45. The Labute approximate surface area is 197 Å². The van der Waals surface area contributed by atoms with Crippen molar-refractivity contribution >= 4 is 28.4 Å². The van der Waals surface area contributed by atoms with Crippen LogP contribution in [0.15, 0.2) is 36.9 Å². The molecule has 0 aliphatic heterocycles. The molecule has 1 saturated carbocycles. The molecule has 0 radical (unpaired) electrons. The van der Waals surface area contributed by atoms with Gasteiger partial charge in [0, 0.05) is 48.9 Å². The number of hydrogen-bond donors (Lipinski definition) is 3. The summed E-state index contributed by atoms with van der Waals surface area (Å²) in [6.45, 7) is -0.206. The quantitative estimate of drug-likeness (QED) is 0.332. The fourth-order valence-electron chi connectivity index (χ4n) is 4.36. The average molecular weight is 489 g/mol. The summed E-state index contributed by atoms with van der Waals surface area (Å²) in [4.78, 5) is 24.3. The van der Waals surface area contributed by atoms with Crippen LogP contribution in [0, 0.1) is 5.92 Å². The molecule has 184 valence electrons. The van der Waals surface area contributed by atoms with E-state index < -0.39 is 24.8 Å². The summed E-state index contributed by atoms with van der Waals surface area (Å²) < 4.78 is 53.1. The predicted molar refractivity (Wildman–Crippen MR) is 122 cm³/mol. The van der Waals surface area contributed by atoms with Crippen LogP contribution in [0.3, 0.4) is 0 Å². The summed E-state index contributed by atoms with van der Waals surface area (Å²) in [6.07, 6.45) is 4.57. The van der Waals surface area contributed by atoms with E-state index >= 15 is 0 Å². The van der Waals surface area contributed by atoms with Crippen molar-refractivity contribution in [1.29, 1.82) is 0 Å². The van der Waals surface area contributed by atoms with Crippen LogP contribution in [0.25, 0.3) is 27.7 Å². The van der Waals surface area contributed by atoms with Gasteiger partial charge >= 0.3 is 0 Å². The van der Waals surface area contributed by atoms with E-state index in [1.807, 2.05) is 6.07 Å². The van der Waals surface area contributed by atoms with Gasteiger partial charge in [0.25, 0.3) is 12.3 Å². The van der Waals surface area contributed by atoms with Gasteiger partial charge < -0.3 is 15.6 Å². The summed E-state index contributed by atoms with van der Waals surface area (Å²) >= 11 is 0. The van der Waals surface area contributed by atoms with E-state index in [2.05, 4.69) is 30.7 Å². The highest BCUT2D eigenvalue weighted by molar-refractivity contribution is 6.02. The zero-order chi connectivity index (χ0) is 24.6. The van der Waals surface area contributed by atoms with Crippen molar-refractivity contribution in [2.24, 2.45) is 5.92 Å². The number of carbonyl (C=O) groups excluding carboxylic acids is 1. The summed E-state index contributed by atoms with van der Waals surface area (Å²) in [5.74, 6) is -2.62. The van der Waals surface area contributed by atoms with E-state index in [1.54, 1.807) is 24.7 Å². The van der Waals surface area contributed by atoms with E-state index in [9.17, 15) is 22.4 Å². The Morgan fingerprint density at radius 3 is 2.83 bits per heavy atom. The van der Waals surface area contributed by atoms with Crippen LogP contribution in [0.2, 0.25) is 0 Å². The molecule has 4 aromatic heterocycles. The van der Waals surface area contributed by atoms with Gasteiger partial charge in [0.1, 0.15) is 5.65 Å². The van der Waals surface area contributed by atoms with Crippen LogP contribution in [0.1, 0.15) is 36.0 Å². The summed E-state index contributed by atoms with van der Waals surface area (Å²) in [6, 6.07) is 3.56. The number of aromatic amines is 1. The summed E-state index contributed by atoms with van der Waals surface area (Å²) in [5, 5.41) is 10.2. The van der Waals surface area contributed by atoms with Crippen molar-refractivity contribution < 1.29 is 22.4 Å². The minimum Gasteiger partial charge on any atom is -0.354 e. The first-order chi connectivity index (χ1) is 16.8. The number of nitrogens with one attached hydrogen (secondary N) is 3. The molecule has 0 bridgehead atoms. The van der Waals surface area contributed by atoms with Gasteiger partial charge in [0.2, 0.25) is 11.9 Å². The maximum Gasteiger partial charge on any atom is 0.255 e. The smallest absolute Gasteiger partial charge is 0.255 e. The molecule has 0 unspecified atom stereocenters. The zero-order valence-electron chi connectivity index (χ0n) is 18.6. The Morgan fingerprint density at radius 1 is 1.26 bits per heavy atom. The van der Waals surface area contributed by atoms with Crippen molar-refractivity contribution in [3.8, 4) is 11.1 Å². The number of amides is 1. The van der Waals surface area contributed by atoms with Crippen molar-refractivity contribution in [2.75, 3.05) is 18.4 Å². The first kappa shape index (κ1) is 23.1. The molecule has 1 aliphatic carbocycles. The van der Waals surface area contributed by atoms with Gasteiger partial charge in [-0.25, -0.2) is 27.1 Å². The van der Waals surface area contributed by atoms with Crippen molar-refractivity contribution in [3.63, 3.8) is 0 Å². The maximum absolute atomic E-state index is 13.3. The van der Waals surface area contributed by atoms with Crippen molar-refractivity contribution in [1.82, 2.24) is 29.9 Å². The number of H-pyrrole nitrogens is 1. The molecule has 0 saturated heterocycles. The van der Waals surface area contributed by atoms with Crippen LogP contribution in [-0.2, 0) is 0 Å². The van der Waals surface area contributed by atoms with E-state index in [1.165, 1.54) is 10.7 Å². The Balaban J connectivity index is 1.34. The van der Waals surface area contributed by atoms with Gasteiger partial charge in [0.05, 0.1) is 23.8 Å². The fraction of sp³-hybridized carbons (Fsp3) is 0.391. The number of carbonyl (C=O) groups is 1. The topological polar surface area (TPSA) is 100 Å². The molecular weight excluding hydrogens is 466 g/mol. The minimum absolute atomic E-state index is 0.0870. The van der Waals surface area contributed by atoms with Crippen LogP contribution in [0.5, 0.6) is 0 Å². The first-order valence-corrected chi connectivity index (χ1v) is 11.3. The molecule has 0 spiro atoms. The number of halogens is 4. The second-order valence-electron chi connectivity index (χ2n) is 8.74. The molecule has 1 aliphatic rings. The Morgan fingerprint density at radius 2 is 2.06 bits per heavy atom. The number of anilines is 1. The lowest BCUT2D eigenvalue weighted by molar-refractivity contribution is -0.0443. The SMILES string of the molecule is O=C(NCC(F)F)c1cnn2ccc(-c3c[nH]c4nc(NCC5CCC(F)(F)CC5)ncc34)cc12. The molecule has 3 N–H and O–H groups in total. The lowest BCUT2D eigenvalue weighted by atomic mass is 9.87. The normalized spacial score (nSPS) is 16.3. The Kier molecular flexibility index (Phi) is 6.03. The molecule has 0 aromatic carbocycles. The minimum atomic E-state index is -2.64. The summed E-state index contributed by atoms with van der Waals surface area (Å²) in [7, 11) is 0. The number of alkyl halides is 4. The van der Waals surface area contributed by atoms with Crippen molar-refractivity contribution in [2.45, 2.75) is 38.0 Å². The molecule has 1 fully saturated rings. The molecule has 5 rings (SSSR count). The molecule has 35 heavy (non-hydrogen) atoms. The second-order valence-corrected chi connectivity index (χ2v) is 8.74. The van der Waals surface area contributed by atoms with Crippen LogP contribution in [-0.4, -0.2) is 55.9 Å². The standard InChI is InChI=1S/C23H23F4N7O/c24-19(25)12-29-21(35)17-11-32-34-6-3-14(7-18(17)34)15-9-28-20-16(15)10-31-22(33-20)30-8-13-1-4-23(26,27)5-2-13/h3,6-7,9-11,13,19H,1-2,4-5,8,12H2,(H,29,35)(H2,28,30,31,33). The Bertz CT molecular complexity index is 1360. The van der Waals surface area contributed by atoms with E-state index in [0.29, 0.717) is 36.5 Å². The predicted octanol–water partition coefficient (Wildman–Crippen LogP) is 4.50. The van der Waals surface area contributed by atoms with E-state index in [0.717, 1.165) is 16.5 Å². The molecule has 8 nitrogen and oxygen atoms in total. The van der Waals surface area contributed by atoms with Gasteiger partial charge in [-0.3, -0.25) is 4.79 Å². The third-order valence-corrected chi connectivity index (χ3v) is 6.31. The van der Waals surface area contributed by atoms with Crippen LogP contribution >= 0.6 is 0 Å². The van der Waals surface area contributed by atoms with Gasteiger partial charge in [-0.1, -0.05) is 0 Å². The molecule has 1 amide bonds. The fourth-order valence-corrected chi connectivity index (χ4v) is 4.36. The van der Waals surface area contributed by atoms with E-state index in [-0.39, 0.29) is 24.3 Å². The van der Waals surface area contributed by atoms with Gasteiger partial charge in [-0.15, -0.1) is 0 Å². The van der Waals surface area contributed by atoms with Gasteiger partial charge in [0.15, 0.2) is 0 Å². The third kappa shape index (κ3) is 4.91. The highest BCUT2D eigenvalue weighted by Gasteiger charge is 2.34. The number of pyridine rings is 1. The monoisotopic (exact) mass is 489 g/mol. The van der Waals surface area contributed by atoms with Crippen molar-refractivity contribution in [3.05, 3.63) is 42.5 Å². The largest absolute Gasteiger partial charge is 0.354 e. The lowest BCUT2D eigenvalue weighted by Gasteiger charge is -2.28. The molecule has 0 atom stereocenters. The second kappa shape index (κ2) is 9.16.